The molecule has 3 N–H and O–H groups in total. The highest BCUT2D eigenvalue weighted by molar-refractivity contribution is 7.90. The molecule has 0 spiro atoms. The number of aromatic nitrogens is 2. The number of amides is 2. The number of nitrogens with zero attached hydrogens (tertiary/aromatic N) is 3. The Kier molecular flexibility index (Phi) is 6.43. The lowest BCUT2D eigenvalue weighted by atomic mass is 10.1. The first kappa shape index (κ1) is 23.1. The molecule has 2 aromatic rings. The van der Waals surface area contributed by atoms with Gasteiger partial charge in [-0.2, -0.15) is 8.42 Å². The van der Waals surface area contributed by atoms with Gasteiger partial charge in [0.1, 0.15) is 17.1 Å². The summed E-state index contributed by atoms with van der Waals surface area (Å²) in [6.07, 6.45) is -0.130. The van der Waals surface area contributed by atoms with Crippen molar-refractivity contribution in [1.29, 1.82) is 0 Å². The predicted octanol–water partition coefficient (Wildman–Crippen LogP) is 1.93. The molecule has 0 unspecified atom stereocenters. The predicted molar refractivity (Wildman–Crippen MR) is 108 cm³/mol. The van der Waals surface area contributed by atoms with Gasteiger partial charge in [-0.05, 0) is 12.1 Å². The minimum Gasteiger partial charge on any atom is -0.496 e. The van der Waals surface area contributed by atoms with Crippen molar-refractivity contribution in [3.05, 3.63) is 36.2 Å². The van der Waals surface area contributed by atoms with Crippen molar-refractivity contribution in [1.82, 2.24) is 14.7 Å². The van der Waals surface area contributed by atoms with Gasteiger partial charge >= 0.3 is 6.09 Å². The van der Waals surface area contributed by atoms with E-state index in [2.05, 4.69) is 15.3 Å². The van der Waals surface area contributed by atoms with Crippen LogP contribution in [0.5, 0.6) is 5.75 Å². The number of carbonyl (C=O) groups excluding carboxylic acids is 1. The molecule has 172 valence electrons. The van der Waals surface area contributed by atoms with E-state index in [4.69, 9.17) is 9.84 Å². The largest absolute Gasteiger partial charge is 0.496 e. The van der Waals surface area contributed by atoms with E-state index in [1.54, 1.807) is 4.90 Å². The molecule has 3 rings (SSSR count). The maximum Gasteiger partial charge on any atom is 0.418 e. The van der Waals surface area contributed by atoms with Crippen molar-refractivity contribution in [2.45, 2.75) is 23.8 Å². The summed E-state index contributed by atoms with van der Waals surface area (Å²) in [5, 5.41) is 10.5. The maximum atomic E-state index is 13.6. The van der Waals surface area contributed by atoms with E-state index in [9.17, 15) is 26.8 Å². The summed E-state index contributed by atoms with van der Waals surface area (Å²) in [5.74, 6) is -3.24. The SMILES string of the molecule is COc1ccnc(N2CCC(F)(F)CC2)c1C(=O)Nc1ccnc(S(=O)(=O)NC(=O)O)c1. The summed E-state index contributed by atoms with van der Waals surface area (Å²) in [7, 11) is -3.13. The summed E-state index contributed by atoms with van der Waals surface area (Å²) in [6.45, 7) is -0.0437. The first-order valence-corrected chi connectivity index (χ1v) is 10.7. The minimum absolute atomic E-state index is 0.00204. The van der Waals surface area contributed by atoms with E-state index in [-0.39, 0.29) is 35.9 Å². The van der Waals surface area contributed by atoms with E-state index in [0.717, 1.165) is 12.3 Å². The van der Waals surface area contributed by atoms with Crippen LogP contribution in [0.1, 0.15) is 23.2 Å². The molecule has 0 bridgehead atoms. The molecule has 11 nitrogen and oxygen atoms in total. The van der Waals surface area contributed by atoms with Crippen molar-refractivity contribution in [2.24, 2.45) is 0 Å². The molecule has 0 aliphatic carbocycles. The number of alkyl halides is 2. The summed E-state index contributed by atoms with van der Waals surface area (Å²) < 4.78 is 57.7. The van der Waals surface area contributed by atoms with E-state index < -0.39 is 45.8 Å². The summed E-state index contributed by atoms with van der Waals surface area (Å²) >= 11 is 0. The number of ether oxygens (including phenoxy) is 1. The van der Waals surface area contributed by atoms with Gasteiger partial charge in [0, 0.05) is 50.1 Å². The van der Waals surface area contributed by atoms with Crippen LogP contribution in [0.15, 0.2) is 35.6 Å². The highest BCUT2D eigenvalue weighted by Gasteiger charge is 2.36. The van der Waals surface area contributed by atoms with Crippen LogP contribution in [0, 0.1) is 0 Å². The van der Waals surface area contributed by atoms with Crippen LogP contribution >= 0.6 is 0 Å². The fourth-order valence-corrected chi connectivity index (χ4v) is 3.91. The average Bonchev–Trinajstić information content (AvgIpc) is 2.72. The number of carbonyl (C=O) groups is 2. The van der Waals surface area contributed by atoms with Crippen molar-refractivity contribution in [3.8, 4) is 5.75 Å². The zero-order chi connectivity index (χ0) is 23.5. The minimum atomic E-state index is -4.46. The number of anilines is 2. The Bertz CT molecular complexity index is 1130. The van der Waals surface area contributed by atoms with Gasteiger partial charge in [-0.3, -0.25) is 4.79 Å². The lowest BCUT2D eigenvalue weighted by molar-refractivity contribution is -0.0221. The number of rotatable bonds is 6. The molecule has 2 amide bonds. The maximum absolute atomic E-state index is 13.6. The first-order valence-electron chi connectivity index (χ1n) is 9.21. The fraction of sp³-hybridized carbons (Fsp3) is 0.333. The highest BCUT2D eigenvalue weighted by atomic mass is 32.2. The standard InChI is InChI=1S/C18H19F2N5O6S/c1-31-12-3-7-22-15(25-8-4-18(19,20)5-9-25)14(12)16(26)23-11-2-6-21-13(10-11)32(29,30)24-17(27)28/h2-3,6-7,10,24H,4-5,8-9H2,1H3,(H,27,28)(H,21,23,26). The van der Waals surface area contributed by atoms with Gasteiger partial charge in [0.05, 0.1) is 7.11 Å². The molecular weight excluding hydrogens is 452 g/mol. The molecule has 1 saturated heterocycles. The lowest BCUT2D eigenvalue weighted by Gasteiger charge is -2.33. The molecular formula is C18H19F2N5O6S. The zero-order valence-corrected chi connectivity index (χ0v) is 17.5. The number of piperidine rings is 1. The Morgan fingerprint density at radius 3 is 2.47 bits per heavy atom. The molecule has 0 saturated carbocycles. The summed E-state index contributed by atoms with van der Waals surface area (Å²) in [6, 6.07) is 3.69. The smallest absolute Gasteiger partial charge is 0.418 e. The Balaban J connectivity index is 1.90. The highest BCUT2D eigenvalue weighted by Crippen LogP contribution is 2.34. The number of hydrogen-bond acceptors (Lipinski definition) is 8. The Labute approximate surface area is 181 Å². The van der Waals surface area contributed by atoms with Crippen molar-refractivity contribution < 1.29 is 36.6 Å². The molecule has 3 heterocycles. The summed E-state index contributed by atoms with van der Waals surface area (Å²) in [4.78, 5) is 33.0. The topological polar surface area (TPSA) is 151 Å². The molecule has 1 aliphatic rings. The van der Waals surface area contributed by atoms with E-state index >= 15 is 0 Å². The van der Waals surface area contributed by atoms with E-state index in [1.807, 2.05) is 0 Å². The van der Waals surface area contributed by atoms with Crippen molar-refractivity contribution >= 4 is 33.5 Å². The number of halogens is 2. The van der Waals surface area contributed by atoms with Gasteiger partial charge in [-0.25, -0.2) is 28.3 Å². The van der Waals surface area contributed by atoms with Gasteiger partial charge < -0.3 is 20.1 Å². The van der Waals surface area contributed by atoms with E-state index in [0.29, 0.717) is 0 Å². The monoisotopic (exact) mass is 471 g/mol. The Morgan fingerprint density at radius 2 is 1.84 bits per heavy atom. The molecule has 1 aliphatic heterocycles. The first-order chi connectivity index (χ1) is 15.0. The third-order valence-electron chi connectivity index (χ3n) is 4.62. The average molecular weight is 471 g/mol. The second-order valence-electron chi connectivity index (χ2n) is 6.80. The number of hydrogen-bond donors (Lipinski definition) is 3. The second kappa shape index (κ2) is 8.90. The Hall–Kier alpha value is -3.55. The van der Waals surface area contributed by atoms with Crippen molar-refractivity contribution in [2.75, 3.05) is 30.4 Å². The normalized spacial score (nSPS) is 15.7. The molecule has 0 radical (unpaired) electrons. The van der Waals surface area contributed by atoms with Gasteiger partial charge in [0.2, 0.25) is 0 Å². The molecule has 1 fully saturated rings. The quantitative estimate of drug-likeness (QED) is 0.574. The number of pyridine rings is 2. The molecule has 32 heavy (non-hydrogen) atoms. The van der Waals surface area contributed by atoms with Crippen LogP contribution in [-0.2, 0) is 10.0 Å². The Morgan fingerprint density at radius 1 is 1.19 bits per heavy atom. The number of sulfonamides is 1. The molecule has 14 heteroatoms. The third-order valence-corrected chi connectivity index (χ3v) is 5.84. The van der Waals surface area contributed by atoms with Crippen LogP contribution in [0.25, 0.3) is 0 Å². The number of carboxylic acid groups (broad SMARTS) is 1. The van der Waals surface area contributed by atoms with Crippen LogP contribution < -0.4 is 19.7 Å². The molecule has 0 atom stereocenters. The molecule has 2 aromatic heterocycles. The third kappa shape index (κ3) is 5.19. The van der Waals surface area contributed by atoms with Gasteiger partial charge in [0.15, 0.2) is 5.03 Å². The number of nitrogens with one attached hydrogen (secondary N) is 2. The second-order valence-corrected chi connectivity index (χ2v) is 8.43. The van der Waals surface area contributed by atoms with Crippen LogP contribution in [0.4, 0.5) is 25.1 Å². The van der Waals surface area contributed by atoms with Crippen LogP contribution in [0.3, 0.4) is 0 Å². The fourth-order valence-electron chi connectivity index (χ4n) is 3.10. The van der Waals surface area contributed by atoms with Crippen molar-refractivity contribution in [3.63, 3.8) is 0 Å². The van der Waals surface area contributed by atoms with E-state index in [1.165, 1.54) is 30.2 Å². The van der Waals surface area contributed by atoms with Crippen LogP contribution in [0.2, 0.25) is 0 Å². The summed E-state index contributed by atoms with van der Waals surface area (Å²) in [5.41, 5.74) is -0.0251. The zero-order valence-electron chi connectivity index (χ0n) is 16.7. The lowest BCUT2D eigenvalue weighted by Crippen LogP contribution is -2.40. The van der Waals surface area contributed by atoms with Gasteiger partial charge in [-0.15, -0.1) is 0 Å². The van der Waals surface area contributed by atoms with Crippen LogP contribution in [-0.4, -0.2) is 61.6 Å². The van der Waals surface area contributed by atoms with Gasteiger partial charge in [-0.1, -0.05) is 0 Å². The van der Waals surface area contributed by atoms with Gasteiger partial charge in [0.25, 0.3) is 21.9 Å². The number of methoxy groups -OCH3 is 1. The molecule has 0 aromatic carbocycles.